The van der Waals surface area contributed by atoms with Crippen molar-refractivity contribution in [2.24, 2.45) is 5.41 Å². The lowest BCUT2D eigenvalue weighted by molar-refractivity contribution is 0.0129. The molecule has 4 N–H and O–H groups in total. The summed E-state index contributed by atoms with van der Waals surface area (Å²) in [4.78, 5) is 2.83. The Bertz CT molecular complexity index is 1110. The van der Waals surface area contributed by atoms with E-state index < -0.39 is 27.2 Å². The highest BCUT2D eigenvalue weighted by Gasteiger charge is 2.48. The van der Waals surface area contributed by atoms with Crippen molar-refractivity contribution in [1.82, 2.24) is 4.90 Å². The average molecular weight is 530 g/mol. The van der Waals surface area contributed by atoms with Crippen molar-refractivity contribution in [3.8, 4) is 5.75 Å². The average Bonchev–Trinajstić information content (AvgIpc) is 2.95. The van der Waals surface area contributed by atoms with Crippen molar-refractivity contribution >= 4 is 15.4 Å². The molecule has 7 heteroatoms. The van der Waals surface area contributed by atoms with Crippen LogP contribution in [0, 0.1) is 10.2 Å². The van der Waals surface area contributed by atoms with Crippen molar-refractivity contribution in [3.05, 3.63) is 53.6 Å². The lowest BCUT2D eigenvalue weighted by Gasteiger charge is -2.40. The molecule has 0 aliphatic carbocycles. The van der Waals surface area contributed by atoms with Crippen LogP contribution in [0.5, 0.6) is 5.75 Å². The van der Waals surface area contributed by atoms with Gasteiger partial charge in [0.05, 0.1) is 20.7 Å². The molecule has 1 unspecified atom stereocenters. The molecule has 3 rings (SSSR count). The molecule has 206 valence electrons. The number of nitrogens with zero attached hydrogens (tertiary/aromatic N) is 1. The molecule has 0 fully saturated rings. The van der Waals surface area contributed by atoms with Crippen LogP contribution < -0.4 is 10.5 Å². The topological polar surface area (TPSA) is 99.6 Å². The zero-order chi connectivity index (χ0) is 27.1. The summed E-state index contributed by atoms with van der Waals surface area (Å²) in [6.07, 6.45) is 4.54. The van der Waals surface area contributed by atoms with E-state index in [4.69, 9.17) is 15.3 Å². The van der Waals surface area contributed by atoms with Gasteiger partial charge in [-0.05, 0) is 67.4 Å². The summed E-state index contributed by atoms with van der Waals surface area (Å²) >= 11 is 0. The molecule has 1 aliphatic heterocycles. The van der Waals surface area contributed by atoms with Gasteiger partial charge in [-0.15, -0.1) is 0 Å². The lowest BCUT2D eigenvalue weighted by Crippen LogP contribution is -2.43. The van der Waals surface area contributed by atoms with Gasteiger partial charge in [-0.2, -0.15) is 0 Å². The molecule has 0 amide bonds. The molecule has 3 atom stereocenters. The second-order valence-corrected chi connectivity index (χ2v) is 12.6. The largest absolute Gasteiger partial charge is 0.492 e. The van der Waals surface area contributed by atoms with Crippen molar-refractivity contribution < 1.29 is 14.1 Å². The van der Waals surface area contributed by atoms with Crippen LogP contribution in [-0.4, -0.2) is 52.3 Å². The Morgan fingerprint density at radius 2 is 1.76 bits per heavy atom. The monoisotopic (exact) mass is 529 g/mol. The third-order valence-electron chi connectivity index (χ3n) is 8.00. The number of unbranched alkanes of at least 4 members (excludes halogenated alkanes) is 2. The van der Waals surface area contributed by atoms with E-state index in [2.05, 4.69) is 32.6 Å². The molecule has 37 heavy (non-hydrogen) atoms. The first-order valence-electron chi connectivity index (χ1n) is 14.0. The third kappa shape index (κ3) is 6.87. The Balaban J connectivity index is 2.10. The second-order valence-electron chi connectivity index (χ2n) is 10.6. The Labute approximate surface area is 224 Å². The van der Waals surface area contributed by atoms with Crippen molar-refractivity contribution in [2.45, 2.75) is 83.1 Å². The summed E-state index contributed by atoms with van der Waals surface area (Å²) in [5.74, 6) is 0.493. The fourth-order valence-corrected chi connectivity index (χ4v) is 8.10. The zero-order valence-corrected chi connectivity index (χ0v) is 24.0. The first-order valence-corrected chi connectivity index (χ1v) is 15.7. The standard InChI is InChI=1S/C30H47N3O3S/c1-5-9-16-30(17-10-6-2)22-37(32,35)27-15-14-24(31)21-26(27)28(29(30)34)23-12-11-13-25(20-23)36-19-18-33(7-3)8-4/h11-15,20-21,28-29,32,34H,5-10,16-19,22,31H2,1-4H3/t28-,29-,37?/m1/s1. The van der Waals surface area contributed by atoms with Gasteiger partial charge < -0.3 is 20.5 Å². The maximum Gasteiger partial charge on any atom is 0.119 e. The van der Waals surface area contributed by atoms with Gasteiger partial charge in [-0.3, -0.25) is 0 Å². The predicted octanol–water partition coefficient (Wildman–Crippen LogP) is 6.27. The van der Waals surface area contributed by atoms with Gasteiger partial charge in [0.15, 0.2) is 0 Å². The van der Waals surface area contributed by atoms with Crippen LogP contribution in [0.25, 0.3) is 0 Å². The molecule has 2 aromatic rings. The Kier molecular flexibility index (Phi) is 10.4. The highest BCUT2D eigenvalue weighted by Crippen LogP contribution is 2.50. The molecule has 0 bridgehead atoms. The number of anilines is 1. The number of nitrogens with one attached hydrogen (secondary N) is 1. The van der Waals surface area contributed by atoms with E-state index in [1.807, 2.05) is 30.3 Å². The van der Waals surface area contributed by atoms with E-state index in [0.717, 1.165) is 69.5 Å². The Morgan fingerprint density at radius 1 is 1.08 bits per heavy atom. The molecule has 1 aliphatic rings. The molecule has 1 heterocycles. The van der Waals surface area contributed by atoms with E-state index in [1.54, 1.807) is 12.1 Å². The smallest absolute Gasteiger partial charge is 0.119 e. The van der Waals surface area contributed by atoms with E-state index in [1.165, 1.54) is 0 Å². The molecule has 0 saturated heterocycles. The minimum Gasteiger partial charge on any atom is -0.492 e. The summed E-state index contributed by atoms with van der Waals surface area (Å²) in [6.45, 7) is 12.0. The number of benzene rings is 2. The van der Waals surface area contributed by atoms with E-state index in [-0.39, 0.29) is 5.75 Å². The normalized spacial score (nSPS) is 23.0. The number of hydrogen-bond donors (Lipinski definition) is 3. The third-order valence-corrected chi connectivity index (χ3v) is 10.1. The maximum atomic E-state index is 14.0. The summed E-state index contributed by atoms with van der Waals surface area (Å²) in [7, 11) is -3.13. The van der Waals surface area contributed by atoms with Gasteiger partial charge in [0, 0.05) is 29.3 Å². The number of ether oxygens (including phenoxy) is 1. The van der Waals surface area contributed by atoms with Crippen LogP contribution in [0.15, 0.2) is 47.4 Å². The van der Waals surface area contributed by atoms with Gasteiger partial charge in [0.25, 0.3) is 0 Å². The van der Waals surface area contributed by atoms with Crippen molar-refractivity contribution in [1.29, 1.82) is 4.78 Å². The predicted molar refractivity (Wildman–Crippen MR) is 154 cm³/mol. The van der Waals surface area contributed by atoms with Gasteiger partial charge >= 0.3 is 0 Å². The Morgan fingerprint density at radius 3 is 2.38 bits per heavy atom. The summed E-state index contributed by atoms with van der Waals surface area (Å²) < 4.78 is 29.2. The van der Waals surface area contributed by atoms with Gasteiger partial charge in [0.2, 0.25) is 0 Å². The highest BCUT2D eigenvalue weighted by atomic mass is 32.2. The first kappa shape index (κ1) is 29.5. The van der Waals surface area contributed by atoms with Gasteiger partial charge in [0.1, 0.15) is 12.4 Å². The zero-order valence-electron chi connectivity index (χ0n) is 23.2. The number of aliphatic hydroxyl groups is 1. The minimum absolute atomic E-state index is 0.175. The number of nitrogen functional groups attached to an aromatic ring is 1. The first-order chi connectivity index (χ1) is 17.7. The minimum atomic E-state index is -3.13. The molecule has 2 aromatic carbocycles. The van der Waals surface area contributed by atoms with Crippen LogP contribution in [0.3, 0.4) is 0 Å². The van der Waals surface area contributed by atoms with Crippen LogP contribution in [0.2, 0.25) is 0 Å². The van der Waals surface area contributed by atoms with E-state index in [9.17, 15) is 9.32 Å². The van der Waals surface area contributed by atoms with Gasteiger partial charge in [-0.1, -0.05) is 65.5 Å². The van der Waals surface area contributed by atoms with Gasteiger partial charge in [-0.25, -0.2) is 8.99 Å². The van der Waals surface area contributed by atoms with Crippen LogP contribution >= 0.6 is 0 Å². The Hall–Kier alpha value is -2.09. The van der Waals surface area contributed by atoms with E-state index in [0.29, 0.717) is 22.8 Å². The summed E-state index contributed by atoms with van der Waals surface area (Å²) in [5.41, 5.74) is 7.78. The molecule has 6 nitrogen and oxygen atoms in total. The van der Waals surface area contributed by atoms with Crippen molar-refractivity contribution in [3.63, 3.8) is 0 Å². The molecule has 0 aromatic heterocycles. The summed E-state index contributed by atoms with van der Waals surface area (Å²) in [5, 5.41) is 12.2. The van der Waals surface area contributed by atoms with Crippen LogP contribution in [-0.2, 0) is 9.73 Å². The van der Waals surface area contributed by atoms with Crippen LogP contribution in [0.4, 0.5) is 5.69 Å². The second kappa shape index (κ2) is 13.1. The molecule has 0 radical (unpaired) electrons. The van der Waals surface area contributed by atoms with E-state index >= 15 is 0 Å². The lowest BCUT2D eigenvalue weighted by atomic mass is 9.68. The maximum absolute atomic E-state index is 14.0. The summed E-state index contributed by atoms with van der Waals surface area (Å²) in [6, 6.07) is 13.2. The molecular weight excluding hydrogens is 482 g/mol. The number of fused-ring (bicyclic) bond motifs is 1. The molecule has 0 saturated carbocycles. The van der Waals surface area contributed by atoms with Crippen molar-refractivity contribution in [2.75, 3.05) is 37.7 Å². The fourth-order valence-electron chi connectivity index (χ4n) is 5.82. The number of nitrogens with two attached hydrogens (primary N) is 1. The number of hydrogen-bond acceptors (Lipinski definition) is 6. The molecule has 0 spiro atoms. The number of aliphatic hydroxyl groups excluding tert-OH is 1. The molecular formula is C30H47N3O3S. The fraction of sp³-hybridized carbons (Fsp3) is 0.600. The highest BCUT2D eigenvalue weighted by molar-refractivity contribution is 7.92. The number of rotatable bonds is 13. The van der Waals surface area contributed by atoms with Crippen LogP contribution in [0.1, 0.15) is 83.3 Å². The quantitative estimate of drug-likeness (QED) is 0.266. The SMILES string of the molecule is CCCCC1(CCCC)CS(=N)(=O)c2ccc(N)cc2[C@@H](c2cccc(OCCN(CC)CC)c2)[C@H]1O. The number of likely N-dealkylation sites (N-methyl/N-ethyl adjacent to an activating group) is 1.